The van der Waals surface area contributed by atoms with E-state index >= 15 is 0 Å². The summed E-state index contributed by atoms with van der Waals surface area (Å²) >= 11 is 4.69. The summed E-state index contributed by atoms with van der Waals surface area (Å²) in [6.45, 7) is -0.0304. The highest BCUT2D eigenvalue weighted by molar-refractivity contribution is 7.80. The first kappa shape index (κ1) is 15.3. The molecule has 0 aromatic heterocycles. The lowest BCUT2D eigenvalue weighted by molar-refractivity contribution is -0.132. The molecule has 1 amide bonds. The number of amides is 1. The summed E-state index contributed by atoms with van der Waals surface area (Å²) in [5, 5.41) is 0. The van der Waals surface area contributed by atoms with E-state index in [0.717, 1.165) is 6.07 Å². The molecule has 0 saturated heterocycles. The van der Waals surface area contributed by atoms with Crippen LogP contribution in [0.3, 0.4) is 0 Å². The van der Waals surface area contributed by atoms with Crippen LogP contribution in [-0.4, -0.2) is 36.0 Å². The third-order valence-corrected chi connectivity index (χ3v) is 2.59. The second-order valence-corrected chi connectivity index (χ2v) is 4.40. The zero-order chi connectivity index (χ0) is 14.4. The fraction of sp³-hybridized carbons (Fsp3) is 0.333. The summed E-state index contributed by atoms with van der Waals surface area (Å²) < 4.78 is 31.1. The molecule has 0 unspecified atom stereocenters. The van der Waals surface area contributed by atoms with Gasteiger partial charge in [0.1, 0.15) is 0 Å². The van der Waals surface area contributed by atoms with E-state index in [1.807, 2.05) is 0 Å². The maximum atomic E-state index is 13.2. The van der Waals surface area contributed by atoms with Gasteiger partial charge in [0, 0.05) is 20.0 Å². The van der Waals surface area contributed by atoms with Gasteiger partial charge in [0.2, 0.25) is 5.82 Å². The largest absolute Gasteiger partial charge is 0.481 e. The molecule has 0 heterocycles. The van der Waals surface area contributed by atoms with Crippen LogP contribution in [0.4, 0.5) is 8.78 Å². The van der Waals surface area contributed by atoms with Crippen molar-refractivity contribution in [3.05, 3.63) is 29.8 Å². The van der Waals surface area contributed by atoms with Crippen LogP contribution in [0, 0.1) is 11.6 Å². The van der Waals surface area contributed by atoms with Gasteiger partial charge in [-0.05, 0) is 12.1 Å². The number of nitrogens with zero attached hydrogens (tertiary/aromatic N) is 1. The van der Waals surface area contributed by atoms with Gasteiger partial charge >= 0.3 is 0 Å². The van der Waals surface area contributed by atoms with E-state index in [0.29, 0.717) is 18.0 Å². The quantitative estimate of drug-likeness (QED) is 0.806. The first-order valence-electron chi connectivity index (χ1n) is 5.51. The molecule has 0 aliphatic heterocycles. The topological polar surface area (TPSA) is 55.6 Å². The Labute approximate surface area is 115 Å². The molecule has 1 aromatic rings. The van der Waals surface area contributed by atoms with Crippen molar-refractivity contribution >= 4 is 23.1 Å². The second-order valence-electron chi connectivity index (χ2n) is 3.87. The maximum absolute atomic E-state index is 13.2. The number of thiocarbonyl (C=S) groups is 1. The number of rotatable bonds is 6. The van der Waals surface area contributed by atoms with Crippen LogP contribution in [-0.2, 0) is 4.79 Å². The minimum absolute atomic E-state index is 0.295. The molecular formula is C12H14F2N2O2S. The Hall–Kier alpha value is -1.76. The number of likely N-dealkylation sites (N-methyl/N-ethyl adjacent to an activating group) is 1. The number of carbonyl (C=O) groups is 1. The molecule has 0 aliphatic rings. The van der Waals surface area contributed by atoms with Crippen molar-refractivity contribution in [1.29, 1.82) is 0 Å². The van der Waals surface area contributed by atoms with E-state index < -0.39 is 11.6 Å². The molecule has 1 aromatic carbocycles. The van der Waals surface area contributed by atoms with Gasteiger partial charge in [0.05, 0.1) is 4.99 Å². The van der Waals surface area contributed by atoms with E-state index in [9.17, 15) is 13.6 Å². The highest BCUT2D eigenvalue weighted by Gasteiger charge is 2.13. The Kier molecular flexibility index (Phi) is 5.62. The molecule has 0 saturated carbocycles. The summed E-state index contributed by atoms with van der Waals surface area (Å²) in [5.41, 5.74) is 5.31. The van der Waals surface area contributed by atoms with Gasteiger partial charge in [0.25, 0.3) is 5.91 Å². The van der Waals surface area contributed by atoms with Gasteiger partial charge in [-0.1, -0.05) is 18.3 Å². The summed E-state index contributed by atoms with van der Waals surface area (Å²) in [6.07, 6.45) is 0.395. The van der Waals surface area contributed by atoms with Gasteiger partial charge in [0.15, 0.2) is 18.2 Å². The number of halogens is 2. The lowest BCUT2D eigenvalue weighted by Gasteiger charge is -2.17. The van der Waals surface area contributed by atoms with E-state index in [4.69, 9.17) is 22.7 Å². The fourth-order valence-corrected chi connectivity index (χ4v) is 1.34. The van der Waals surface area contributed by atoms with E-state index in [1.165, 1.54) is 17.0 Å². The zero-order valence-electron chi connectivity index (χ0n) is 10.4. The smallest absolute Gasteiger partial charge is 0.260 e. The number of benzene rings is 1. The van der Waals surface area contributed by atoms with E-state index in [2.05, 4.69) is 0 Å². The normalized spacial score (nSPS) is 10.1. The predicted octanol–water partition coefficient (Wildman–Crippen LogP) is 1.48. The zero-order valence-corrected chi connectivity index (χ0v) is 11.2. The molecule has 7 heteroatoms. The summed E-state index contributed by atoms with van der Waals surface area (Å²) in [7, 11) is 1.55. The molecule has 104 valence electrons. The van der Waals surface area contributed by atoms with Crippen LogP contribution in [0.25, 0.3) is 0 Å². The summed E-state index contributed by atoms with van der Waals surface area (Å²) in [6, 6.07) is 3.52. The number of hydrogen-bond acceptors (Lipinski definition) is 3. The Morgan fingerprint density at radius 3 is 2.79 bits per heavy atom. The van der Waals surface area contributed by atoms with Gasteiger partial charge in [-0.2, -0.15) is 4.39 Å². The molecule has 0 aliphatic carbocycles. The van der Waals surface area contributed by atoms with Crippen molar-refractivity contribution in [3.63, 3.8) is 0 Å². The molecular weight excluding hydrogens is 274 g/mol. The Bertz CT molecular complexity index is 483. The van der Waals surface area contributed by atoms with Crippen molar-refractivity contribution in [3.8, 4) is 5.75 Å². The average Bonchev–Trinajstić information content (AvgIpc) is 2.37. The number of hydrogen-bond donors (Lipinski definition) is 1. The third-order valence-electron chi connectivity index (χ3n) is 2.39. The SMILES string of the molecule is CN(CCC(N)=S)C(=O)COc1cccc(F)c1F. The molecule has 0 atom stereocenters. The van der Waals surface area contributed by atoms with Gasteiger partial charge < -0.3 is 15.4 Å². The van der Waals surface area contributed by atoms with Crippen molar-refractivity contribution in [2.24, 2.45) is 5.73 Å². The lowest BCUT2D eigenvalue weighted by atomic mass is 10.3. The highest BCUT2D eigenvalue weighted by atomic mass is 32.1. The van der Waals surface area contributed by atoms with E-state index in [-0.39, 0.29) is 18.3 Å². The fourth-order valence-electron chi connectivity index (χ4n) is 1.25. The Morgan fingerprint density at radius 2 is 2.16 bits per heavy atom. The minimum Gasteiger partial charge on any atom is -0.481 e. The standard InChI is InChI=1S/C12H14F2N2O2S/c1-16(6-5-10(15)19)11(17)7-18-9-4-2-3-8(13)12(9)14/h2-4H,5-7H2,1H3,(H2,15,19). The van der Waals surface area contributed by atoms with Crippen LogP contribution >= 0.6 is 12.2 Å². The van der Waals surface area contributed by atoms with Crippen molar-refractivity contribution in [1.82, 2.24) is 4.90 Å². The molecule has 1 rings (SSSR count). The molecule has 0 spiro atoms. The average molecular weight is 288 g/mol. The Morgan fingerprint density at radius 1 is 1.47 bits per heavy atom. The molecule has 4 nitrogen and oxygen atoms in total. The highest BCUT2D eigenvalue weighted by Crippen LogP contribution is 2.18. The van der Waals surface area contributed by atoms with E-state index in [1.54, 1.807) is 7.05 Å². The number of carbonyl (C=O) groups excluding carboxylic acids is 1. The Balaban J connectivity index is 2.49. The first-order chi connectivity index (χ1) is 8.91. The monoisotopic (exact) mass is 288 g/mol. The van der Waals surface area contributed by atoms with Crippen LogP contribution in [0.15, 0.2) is 18.2 Å². The number of ether oxygens (including phenoxy) is 1. The van der Waals surface area contributed by atoms with Crippen molar-refractivity contribution in [2.45, 2.75) is 6.42 Å². The minimum atomic E-state index is -1.11. The van der Waals surface area contributed by atoms with Gasteiger partial charge in [-0.15, -0.1) is 0 Å². The van der Waals surface area contributed by atoms with Crippen molar-refractivity contribution in [2.75, 3.05) is 20.2 Å². The molecule has 0 fully saturated rings. The maximum Gasteiger partial charge on any atom is 0.260 e. The van der Waals surface area contributed by atoms with Crippen LogP contribution < -0.4 is 10.5 Å². The lowest BCUT2D eigenvalue weighted by Crippen LogP contribution is -2.33. The number of nitrogens with two attached hydrogens (primary N) is 1. The molecule has 0 radical (unpaired) electrons. The molecule has 19 heavy (non-hydrogen) atoms. The summed E-state index contributed by atoms with van der Waals surface area (Å²) in [4.78, 5) is 13.3. The third kappa shape index (κ3) is 4.78. The molecule has 2 N–H and O–H groups in total. The first-order valence-corrected chi connectivity index (χ1v) is 5.91. The van der Waals surface area contributed by atoms with Crippen LogP contribution in [0.1, 0.15) is 6.42 Å². The summed E-state index contributed by atoms with van der Waals surface area (Å²) in [5.74, 6) is -2.80. The van der Waals surface area contributed by atoms with Crippen LogP contribution in [0.2, 0.25) is 0 Å². The van der Waals surface area contributed by atoms with Crippen LogP contribution in [0.5, 0.6) is 5.75 Å². The second kappa shape index (κ2) is 6.98. The predicted molar refractivity (Wildman–Crippen MR) is 70.9 cm³/mol. The van der Waals surface area contributed by atoms with Gasteiger partial charge in [-0.3, -0.25) is 4.79 Å². The van der Waals surface area contributed by atoms with Crippen molar-refractivity contribution < 1.29 is 18.3 Å². The van der Waals surface area contributed by atoms with Gasteiger partial charge in [-0.25, -0.2) is 4.39 Å². The molecule has 0 bridgehead atoms.